The van der Waals surface area contributed by atoms with Crippen LogP contribution in [0.5, 0.6) is 0 Å². The second-order valence-electron chi connectivity index (χ2n) is 8.15. The second kappa shape index (κ2) is 9.99. The number of hydrogen-bond donors (Lipinski definition) is 0. The number of amides is 1. The molecule has 7 nitrogen and oxygen atoms in total. The molecule has 0 aliphatic carbocycles. The van der Waals surface area contributed by atoms with Gasteiger partial charge in [-0.3, -0.25) is 9.69 Å². The molecule has 1 aliphatic rings. The Hall–Kier alpha value is -2.81. The maximum absolute atomic E-state index is 13.1. The van der Waals surface area contributed by atoms with E-state index in [9.17, 15) is 13.2 Å². The van der Waals surface area contributed by atoms with Gasteiger partial charge in [-0.1, -0.05) is 71.8 Å². The van der Waals surface area contributed by atoms with Crippen molar-refractivity contribution >= 4 is 27.3 Å². The number of hydrogen-bond acceptors (Lipinski definition) is 6. The largest absolute Gasteiger partial charge is 0.335 e. The van der Waals surface area contributed by atoms with E-state index in [1.165, 1.54) is 11.8 Å². The summed E-state index contributed by atoms with van der Waals surface area (Å²) in [5.41, 5.74) is 2.81. The molecule has 1 aliphatic heterocycles. The van der Waals surface area contributed by atoms with Gasteiger partial charge in [0.05, 0.1) is 17.0 Å². The Bertz CT molecular complexity index is 1230. The molecule has 9 heteroatoms. The molecule has 0 radical (unpaired) electrons. The molecule has 4 rings (SSSR count). The van der Waals surface area contributed by atoms with Gasteiger partial charge in [0.1, 0.15) is 0 Å². The molecule has 3 aromatic rings. The van der Waals surface area contributed by atoms with E-state index in [1.807, 2.05) is 37.3 Å². The van der Waals surface area contributed by atoms with Crippen molar-refractivity contribution in [3.05, 3.63) is 88.2 Å². The maximum atomic E-state index is 13.1. The molecule has 0 N–H and O–H groups in total. The van der Waals surface area contributed by atoms with Crippen LogP contribution in [-0.2, 0) is 22.1 Å². The average Bonchev–Trinajstić information content (AvgIpc) is 2.81. The standard InChI is InChI=1S/C24H25ClN4O3S/c1-18-7-9-20(10-8-18)17-33(31,32)24-26-15-21(25)22(27-24)23(30)29-13-11-28(12-14-29)16-19-5-3-2-4-6-19/h2-10,15H,11-14,16-17H2,1H3. The van der Waals surface area contributed by atoms with E-state index in [2.05, 4.69) is 27.0 Å². The van der Waals surface area contributed by atoms with Crippen molar-refractivity contribution in [2.45, 2.75) is 24.4 Å². The number of benzene rings is 2. The third kappa shape index (κ3) is 5.76. The number of sulfone groups is 1. The summed E-state index contributed by atoms with van der Waals surface area (Å²) in [6, 6.07) is 17.4. The minimum absolute atomic E-state index is 0.0426. The number of piperazine rings is 1. The molecule has 172 valence electrons. The number of nitrogens with zero attached hydrogens (tertiary/aromatic N) is 4. The SMILES string of the molecule is Cc1ccc(CS(=O)(=O)c2ncc(Cl)c(C(=O)N3CCN(Cc4ccccc4)CC3)n2)cc1. The molecule has 1 amide bonds. The summed E-state index contributed by atoms with van der Waals surface area (Å²) in [6.45, 7) is 5.19. The molecule has 0 saturated carbocycles. The number of aromatic nitrogens is 2. The Balaban J connectivity index is 1.45. The quantitative estimate of drug-likeness (QED) is 0.499. The Morgan fingerprint density at radius 3 is 2.30 bits per heavy atom. The third-order valence-corrected chi connectivity index (χ3v) is 7.33. The summed E-state index contributed by atoms with van der Waals surface area (Å²) in [6.07, 6.45) is 1.19. The summed E-state index contributed by atoms with van der Waals surface area (Å²) in [5.74, 6) is -0.630. The van der Waals surface area contributed by atoms with Crippen molar-refractivity contribution in [2.75, 3.05) is 26.2 Å². The van der Waals surface area contributed by atoms with Crippen LogP contribution in [0.4, 0.5) is 0 Å². The highest BCUT2D eigenvalue weighted by Gasteiger charge is 2.28. The maximum Gasteiger partial charge on any atom is 0.274 e. The van der Waals surface area contributed by atoms with Gasteiger partial charge in [-0.25, -0.2) is 18.4 Å². The fourth-order valence-corrected chi connectivity index (χ4v) is 5.10. The molecule has 0 unspecified atom stereocenters. The number of halogens is 1. The molecule has 0 spiro atoms. The molecule has 33 heavy (non-hydrogen) atoms. The van der Waals surface area contributed by atoms with Gasteiger partial charge < -0.3 is 4.90 Å². The van der Waals surface area contributed by atoms with Crippen molar-refractivity contribution in [1.29, 1.82) is 0 Å². The molecular weight excluding hydrogens is 460 g/mol. The normalized spacial score (nSPS) is 14.9. The molecule has 0 bridgehead atoms. The fraction of sp³-hybridized carbons (Fsp3) is 0.292. The van der Waals surface area contributed by atoms with Gasteiger partial charge in [-0.15, -0.1) is 0 Å². The Morgan fingerprint density at radius 1 is 0.970 bits per heavy atom. The molecular formula is C24H25ClN4O3S. The summed E-state index contributed by atoms with van der Waals surface area (Å²) >= 11 is 6.20. The van der Waals surface area contributed by atoms with Crippen LogP contribution in [0.25, 0.3) is 0 Å². The van der Waals surface area contributed by atoms with E-state index in [-0.39, 0.29) is 22.4 Å². The highest BCUT2D eigenvalue weighted by Crippen LogP contribution is 2.20. The van der Waals surface area contributed by atoms with Crippen LogP contribution >= 0.6 is 11.6 Å². The summed E-state index contributed by atoms with van der Waals surface area (Å²) in [4.78, 5) is 25.0. The van der Waals surface area contributed by atoms with Crippen molar-refractivity contribution in [2.24, 2.45) is 0 Å². The topological polar surface area (TPSA) is 83.5 Å². The Kier molecular flexibility index (Phi) is 7.07. The first-order valence-electron chi connectivity index (χ1n) is 10.7. The van der Waals surface area contributed by atoms with Crippen LogP contribution in [0, 0.1) is 6.92 Å². The number of carbonyl (C=O) groups excluding carboxylic acids is 1. The Labute approximate surface area is 199 Å². The number of aryl methyl sites for hydroxylation is 1. The van der Waals surface area contributed by atoms with Crippen molar-refractivity contribution in [1.82, 2.24) is 19.8 Å². The smallest absolute Gasteiger partial charge is 0.274 e. The van der Waals surface area contributed by atoms with E-state index >= 15 is 0 Å². The van der Waals surface area contributed by atoms with Crippen molar-refractivity contribution in [3.63, 3.8) is 0 Å². The summed E-state index contributed by atoms with van der Waals surface area (Å²) in [5, 5.41) is -0.348. The van der Waals surface area contributed by atoms with Gasteiger partial charge in [0.15, 0.2) is 5.69 Å². The zero-order valence-electron chi connectivity index (χ0n) is 18.3. The van der Waals surface area contributed by atoms with Gasteiger partial charge in [-0.05, 0) is 18.1 Å². The second-order valence-corrected chi connectivity index (χ2v) is 10.4. The number of rotatable bonds is 6. The minimum atomic E-state index is -3.83. The lowest BCUT2D eigenvalue weighted by Gasteiger charge is -2.34. The highest BCUT2D eigenvalue weighted by molar-refractivity contribution is 7.90. The molecule has 2 aromatic carbocycles. The highest BCUT2D eigenvalue weighted by atomic mass is 35.5. The predicted molar refractivity (Wildman–Crippen MR) is 127 cm³/mol. The van der Waals surface area contributed by atoms with Crippen LogP contribution in [-0.4, -0.2) is 60.3 Å². The molecule has 1 saturated heterocycles. The Morgan fingerprint density at radius 2 is 1.64 bits per heavy atom. The van der Waals surface area contributed by atoms with Gasteiger partial charge in [-0.2, -0.15) is 0 Å². The first-order valence-corrected chi connectivity index (χ1v) is 12.7. The summed E-state index contributed by atoms with van der Waals surface area (Å²) in [7, 11) is -3.83. The third-order valence-electron chi connectivity index (χ3n) is 5.59. The van der Waals surface area contributed by atoms with E-state index in [0.29, 0.717) is 31.7 Å². The van der Waals surface area contributed by atoms with E-state index in [1.54, 1.807) is 17.0 Å². The summed E-state index contributed by atoms with van der Waals surface area (Å²) < 4.78 is 25.7. The first-order chi connectivity index (χ1) is 15.8. The van der Waals surface area contributed by atoms with Gasteiger partial charge >= 0.3 is 0 Å². The molecule has 2 heterocycles. The lowest BCUT2D eigenvalue weighted by molar-refractivity contribution is 0.0622. The molecule has 1 aromatic heterocycles. The van der Waals surface area contributed by atoms with Crippen molar-refractivity contribution < 1.29 is 13.2 Å². The van der Waals surface area contributed by atoms with E-state index in [4.69, 9.17) is 11.6 Å². The van der Waals surface area contributed by atoms with Gasteiger partial charge in [0, 0.05) is 32.7 Å². The van der Waals surface area contributed by atoms with Crippen LogP contribution in [0.2, 0.25) is 5.02 Å². The molecule has 0 atom stereocenters. The average molecular weight is 485 g/mol. The van der Waals surface area contributed by atoms with E-state index in [0.717, 1.165) is 12.1 Å². The number of carbonyl (C=O) groups is 1. The predicted octanol–water partition coefficient (Wildman–Crippen LogP) is 3.37. The minimum Gasteiger partial charge on any atom is -0.335 e. The van der Waals surface area contributed by atoms with Crippen molar-refractivity contribution in [3.8, 4) is 0 Å². The van der Waals surface area contributed by atoms with Gasteiger partial charge in [0.2, 0.25) is 15.0 Å². The van der Waals surface area contributed by atoms with E-state index < -0.39 is 15.0 Å². The monoisotopic (exact) mass is 484 g/mol. The van der Waals surface area contributed by atoms with Gasteiger partial charge in [0.25, 0.3) is 5.91 Å². The van der Waals surface area contributed by atoms with Crippen LogP contribution in [0.15, 0.2) is 66.0 Å². The van der Waals surface area contributed by atoms with Crippen LogP contribution in [0.1, 0.15) is 27.2 Å². The zero-order valence-corrected chi connectivity index (χ0v) is 19.9. The van der Waals surface area contributed by atoms with Crippen LogP contribution < -0.4 is 0 Å². The first kappa shape index (κ1) is 23.4. The lowest BCUT2D eigenvalue weighted by Crippen LogP contribution is -2.48. The van der Waals surface area contributed by atoms with Crippen LogP contribution in [0.3, 0.4) is 0 Å². The zero-order chi connectivity index (χ0) is 23.4. The lowest BCUT2D eigenvalue weighted by atomic mass is 10.2. The molecule has 1 fully saturated rings. The fourth-order valence-electron chi connectivity index (χ4n) is 3.72.